The van der Waals surface area contributed by atoms with Crippen molar-refractivity contribution < 1.29 is 9.53 Å². The van der Waals surface area contributed by atoms with Crippen LogP contribution in [0.1, 0.15) is 24.3 Å². The van der Waals surface area contributed by atoms with Gasteiger partial charge in [0.25, 0.3) is 11.5 Å². The minimum atomic E-state index is -0.862. The van der Waals surface area contributed by atoms with Gasteiger partial charge in [-0.1, -0.05) is 12.1 Å². The monoisotopic (exact) mass is 290 g/mol. The molecule has 0 aliphatic carbocycles. The van der Waals surface area contributed by atoms with Crippen LogP contribution in [0.15, 0.2) is 33.9 Å². The van der Waals surface area contributed by atoms with Crippen LogP contribution >= 0.6 is 0 Å². The summed E-state index contributed by atoms with van der Waals surface area (Å²) in [5.74, 6) is -0.269. The molecular formula is C13H14N4O4. The van der Waals surface area contributed by atoms with Gasteiger partial charge in [0.1, 0.15) is 5.75 Å². The number of ether oxygens (including phenoxy) is 1. The Labute approximate surface area is 119 Å². The fourth-order valence-corrected chi connectivity index (χ4v) is 1.61. The zero-order chi connectivity index (χ0) is 15.4. The lowest BCUT2D eigenvalue weighted by Gasteiger charge is -2.14. The number of amides is 1. The standard InChI is InChI=1S/C13H14N4O4/c1-7(2)21-9-6-4-3-5-8(9)14-11(18)10-12(19)15-13(20)17-16-10/h3-7H,1-2H3,(H,14,18)(H2,15,17,19,20). The number of anilines is 1. The third kappa shape index (κ3) is 3.56. The maximum Gasteiger partial charge on any atom is 0.342 e. The van der Waals surface area contributed by atoms with Crippen molar-refractivity contribution in [2.75, 3.05) is 5.32 Å². The van der Waals surface area contributed by atoms with E-state index < -0.39 is 22.9 Å². The number of carbonyl (C=O) groups is 1. The Morgan fingerprint density at radius 3 is 2.67 bits per heavy atom. The molecule has 110 valence electrons. The number of aromatic amines is 2. The van der Waals surface area contributed by atoms with Crippen LogP contribution < -0.4 is 21.3 Å². The van der Waals surface area contributed by atoms with Crippen molar-refractivity contribution in [3.8, 4) is 5.75 Å². The molecular weight excluding hydrogens is 276 g/mol. The molecule has 0 fully saturated rings. The predicted octanol–water partition coefficient (Wildman–Crippen LogP) is 0.498. The lowest BCUT2D eigenvalue weighted by molar-refractivity contribution is 0.101. The maximum atomic E-state index is 12.0. The highest BCUT2D eigenvalue weighted by Gasteiger charge is 2.15. The molecule has 0 unspecified atom stereocenters. The zero-order valence-corrected chi connectivity index (χ0v) is 11.5. The van der Waals surface area contributed by atoms with Gasteiger partial charge in [-0.05, 0) is 26.0 Å². The van der Waals surface area contributed by atoms with Gasteiger partial charge >= 0.3 is 5.69 Å². The molecule has 8 nitrogen and oxygen atoms in total. The van der Waals surface area contributed by atoms with Gasteiger partial charge < -0.3 is 10.1 Å². The summed E-state index contributed by atoms with van der Waals surface area (Å²) >= 11 is 0. The number of hydrogen-bond donors (Lipinski definition) is 3. The van der Waals surface area contributed by atoms with Crippen LogP contribution in [-0.2, 0) is 0 Å². The lowest BCUT2D eigenvalue weighted by Crippen LogP contribution is -2.32. The average molecular weight is 290 g/mol. The van der Waals surface area contributed by atoms with Gasteiger partial charge in [0.2, 0.25) is 5.69 Å². The number of aromatic nitrogens is 3. The Balaban J connectivity index is 2.27. The van der Waals surface area contributed by atoms with E-state index in [9.17, 15) is 14.4 Å². The van der Waals surface area contributed by atoms with Crippen molar-refractivity contribution in [3.63, 3.8) is 0 Å². The first-order valence-corrected chi connectivity index (χ1v) is 6.23. The van der Waals surface area contributed by atoms with Crippen LogP contribution in [0, 0.1) is 0 Å². The molecule has 0 spiro atoms. The van der Waals surface area contributed by atoms with Gasteiger partial charge in [-0.3, -0.25) is 14.6 Å². The van der Waals surface area contributed by atoms with Gasteiger partial charge in [-0.2, -0.15) is 5.10 Å². The first kappa shape index (κ1) is 14.5. The minimum absolute atomic E-state index is 0.0716. The molecule has 0 atom stereocenters. The Bertz CT molecular complexity index is 763. The molecule has 21 heavy (non-hydrogen) atoms. The second kappa shape index (κ2) is 6.04. The van der Waals surface area contributed by atoms with Crippen molar-refractivity contribution >= 4 is 11.6 Å². The normalized spacial score (nSPS) is 10.4. The van der Waals surface area contributed by atoms with Crippen LogP contribution in [0.3, 0.4) is 0 Å². The van der Waals surface area contributed by atoms with Gasteiger partial charge in [0.15, 0.2) is 0 Å². The maximum absolute atomic E-state index is 12.0. The van der Waals surface area contributed by atoms with E-state index in [0.29, 0.717) is 11.4 Å². The minimum Gasteiger partial charge on any atom is -0.489 e. The van der Waals surface area contributed by atoms with Gasteiger partial charge in [-0.15, -0.1) is 0 Å². The van der Waals surface area contributed by atoms with Gasteiger partial charge in [-0.25, -0.2) is 9.89 Å². The van der Waals surface area contributed by atoms with Gasteiger partial charge in [0, 0.05) is 0 Å². The van der Waals surface area contributed by atoms with Crippen molar-refractivity contribution in [1.82, 2.24) is 15.2 Å². The molecule has 0 saturated carbocycles. The summed E-state index contributed by atoms with van der Waals surface area (Å²) in [6.45, 7) is 3.71. The molecule has 1 amide bonds. The molecule has 0 aliphatic heterocycles. The van der Waals surface area contributed by atoms with E-state index >= 15 is 0 Å². The van der Waals surface area contributed by atoms with Gasteiger partial charge in [0.05, 0.1) is 11.8 Å². The smallest absolute Gasteiger partial charge is 0.342 e. The van der Waals surface area contributed by atoms with E-state index in [1.807, 2.05) is 23.9 Å². The van der Waals surface area contributed by atoms with Crippen LogP contribution in [0.5, 0.6) is 5.75 Å². The van der Waals surface area contributed by atoms with Crippen LogP contribution in [0.2, 0.25) is 0 Å². The van der Waals surface area contributed by atoms with E-state index in [1.54, 1.807) is 24.3 Å². The Kier molecular flexibility index (Phi) is 4.17. The highest BCUT2D eigenvalue weighted by molar-refractivity contribution is 6.03. The zero-order valence-electron chi connectivity index (χ0n) is 11.5. The summed E-state index contributed by atoms with van der Waals surface area (Å²) < 4.78 is 5.55. The molecule has 1 aromatic heterocycles. The fraction of sp³-hybridized carbons (Fsp3) is 0.231. The molecule has 0 aliphatic rings. The molecule has 2 aromatic rings. The number of H-pyrrole nitrogens is 2. The van der Waals surface area contributed by atoms with E-state index in [2.05, 4.69) is 10.4 Å². The largest absolute Gasteiger partial charge is 0.489 e. The van der Waals surface area contributed by atoms with Crippen molar-refractivity contribution in [1.29, 1.82) is 0 Å². The third-order valence-electron chi connectivity index (χ3n) is 2.42. The Morgan fingerprint density at radius 1 is 1.29 bits per heavy atom. The van der Waals surface area contributed by atoms with Crippen molar-refractivity contribution in [2.24, 2.45) is 0 Å². The van der Waals surface area contributed by atoms with E-state index in [1.165, 1.54) is 0 Å². The molecule has 0 bridgehead atoms. The fourth-order valence-electron chi connectivity index (χ4n) is 1.61. The number of benzene rings is 1. The van der Waals surface area contributed by atoms with Crippen LogP contribution in [0.4, 0.5) is 5.69 Å². The summed E-state index contributed by atoms with van der Waals surface area (Å²) in [4.78, 5) is 36.3. The lowest BCUT2D eigenvalue weighted by atomic mass is 10.2. The number of nitrogens with one attached hydrogen (secondary N) is 3. The summed E-state index contributed by atoms with van der Waals surface area (Å²) in [6, 6.07) is 6.81. The van der Waals surface area contributed by atoms with Crippen LogP contribution in [0.25, 0.3) is 0 Å². The van der Waals surface area contributed by atoms with Crippen LogP contribution in [-0.4, -0.2) is 27.2 Å². The molecule has 2 rings (SSSR count). The Morgan fingerprint density at radius 2 is 2.00 bits per heavy atom. The number of hydrogen-bond acceptors (Lipinski definition) is 5. The quantitative estimate of drug-likeness (QED) is 0.758. The Hall–Kier alpha value is -2.90. The van der Waals surface area contributed by atoms with E-state index in [0.717, 1.165) is 0 Å². The number of para-hydroxylation sites is 2. The second-order valence-corrected chi connectivity index (χ2v) is 4.47. The molecule has 1 aromatic carbocycles. The van der Waals surface area contributed by atoms with E-state index in [-0.39, 0.29) is 6.10 Å². The molecule has 0 saturated heterocycles. The average Bonchev–Trinajstić information content (AvgIpc) is 2.40. The van der Waals surface area contributed by atoms with Crippen molar-refractivity contribution in [3.05, 3.63) is 50.8 Å². The highest BCUT2D eigenvalue weighted by Crippen LogP contribution is 2.24. The summed E-state index contributed by atoms with van der Waals surface area (Å²) in [7, 11) is 0. The summed E-state index contributed by atoms with van der Waals surface area (Å²) in [5.41, 5.74) is -1.67. The number of rotatable bonds is 4. The summed E-state index contributed by atoms with van der Waals surface area (Å²) in [5, 5.41) is 7.96. The number of carbonyl (C=O) groups excluding carboxylic acids is 1. The number of nitrogens with zero attached hydrogens (tertiary/aromatic N) is 1. The molecule has 1 heterocycles. The SMILES string of the molecule is CC(C)Oc1ccccc1NC(=O)c1n[nH]c(=O)[nH]c1=O. The predicted molar refractivity (Wildman–Crippen MR) is 75.6 cm³/mol. The van der Waals surface area contributed by atoms with E-state index in [4.69, 9.17) is 4.74 Å². The highest BCUT2D eigenvalue weighted by atomic mass is 16.5. The molecule has 3 N–H and O–H groups in total. The van der Waals surface area contributed by atoms with Crippen molar-refractivity contribution in [2.45, 2.75) is 20.0 Å². The topological polar surface area (TPSA) is 117 Å². The first-order valence-electron chi connectivity index (χ1n) is 6.23. The molecule has 0 radical (unpaired) electrons. The first-order chi connectivity index (χ1) is 9.97. The molecule has 8 heteroatoms. The summed E-state index contributed by atoms with van der Waals surface area (Å²) in [6.07, 6.45) is -0.0716. The third-order valence-corrected chi connectivity index (χ3v) is 2.42. The second-order valence-electron chi connectivity index (χ2n) is 4.47.